The molecule has 0 aromatic heterocycles. The van der Waals surface area contributed by atoms with Crippen LogP contribution in [0.25, 0.3) is 0 Å². The zero-order valence-corrected chi connectivity index (χ0v) is 11.1. The highest BCUT2D eigenvalue weighted by molar-refractivity contribution is 5.26. The van der Waals surface area contributed by atoms with Crippen LogP contribution in [0.15, 0.2) is 24.3 Å². The average Bonchev–Trinajstić information content (AvgIpc) is 3.10. The summed E-state index contributed by atoms with van der Waals surface area (Å²) < 4.78 is 6.05. The van der Waals surface area contributed by atoms with Crippen molar-refractivity contribution in [3.8, 4) is 5.75 Å². The van der Waals surface area contributed by atoms with Crippen LogP contribution in [-0.4, -0.2) is 18.7 Å². The van der Waals surface area contributed by atoms with E-state index in [2.05, 4.69) is 50.4 Å². The summed E-state index contributed by atoms with van der Waals surface area (Å²) in [7, 11) is 0. The maximum absolute atomic E-state index is 6.05. The molecule has 0 spiro atoms. The molecule has 0 saturated heterocycles. The van der Waals surface area contributed by atoms with Gasteiger partial charge in [0.25, 0.3) is 0 Å². The molecule has 94 valence electrons. The van der Waals surface area contributed by atoms with E-state index >= 15 is 0 Å². The second-order valence-electron chi connectivity index (χ2n) is 5.40. The van der Waals surface area contributed by atoms with E-state index in [9.17, 15) is 0 Å². The van der Waals surface area contributed by atoms with Crippen LogP contribution in [0.3, 0.4) is 0 Å². The second kappa shape index (κ2) is 5.54. The van der Waals surface area contributed by atoms with Gasteiger partial charge in [-0.3, -0.25) is 0 Å². The van der Waals surface area contributed by atoms with E-state index < -0.39 is 0 Å². The third-order valence-electron chi connectivity index (χ3n) is 3.24. The van der Waals surface area contributed by atoms with E-state index in [4.69, 9.17) is 4.74 Å². The summed E-state index contributed by atoms with van der Waals surface area (Å²) in [5.41, 5.74) is 1.27. The van der Waals surface area contributed by atoms with Crippen molar-refractivity contribution in [1.82, 2.24) is 5.32 Å². The first-order valence-corrected chi connectivity index (χ1v) is 6.62. The summed E-state index contributed by atoms with van der Waals surface area (Å²) in [5.74, 6) is 1.51. The predicted octanol–water partition coefficient (Wildman–Crippen LogP) is 3.15. The Hall–Kier alpha value is -1.02. The molecule has 0 heterocycles. The summed E-state index contributed by atoms with van der Waals surface area (Å²) in [6, 6.07) is 9.06. The normalized spacial score (nSPS) is 17.2. The fourth-order valence-corrected chi connectivity index (χ4v) is 1.78. The topological polar surface area (TPSA) is 21.3 Å². The second-order valence-corrected chi connectivity index (χ2v) is 5.40. The van der Waals surface area contributed by atoms with Crippen LogP contribution in [0, 0.1) is 12.8 Å². The highest BCUT2D eigenvalue weighted by Crippen LogP contribution is 2.20. The number of hydrogen-bond acceptors (Lipinski definition) is 2. The summed E-state index contributed by atoms with van der Waals surface area (Å²) in [5, 5.41) is 3.54. The van der Waals surface area contributed by atoms with Crippen LogP contribution in [0.1, 0.15) is 32.3 Å². The van der Waals surface area contributed by atoms with Gasteiger partial charge in [-0.25, -0.2) is 0 Å². The molecule has 0 amide bonds. The molecule has 1 unspecified atom stereocenters. The van der Waals surface area contributed by atoms with Crippen LogP contribution in [0.4, 0.5) is 0 Å². The molecule has 0 bridgehead atoms. The van der Waals surface area contributed by atoms with Gasteiger partial charge in [-0.05, 0) is 37.8 Å². The van der Waals surface area contributed by atoms with E-state index in [1.54, 1.807) is 0 Å². The molecule has 0 radical (unpaired) electrons. The van der Waals surface area contributed by atoms with Gasteiger partial charge in [0.2, 0.25) is 0 Å². The lowest BCUT2D eigenvalue weighted by Crippen LogP contribution is -2.36. The summed E-state index contributed by atoms with van der Waals surface area (Å²) in [6.45, 7) is 7.48. The highest BCUT2D eigenvalue weighted by Gasteiger charge is 2.23. The number of aryl methyl sites for hydroxylation is 1. The molecule has 1 N–H and O–H groups in total. The molecule has 0 aliphatic heterocycles. The molecule has 2 nitrogen and oxygen atoms in total. The first-order chi connectivity index (χ1) is 8.15. The minimum atomic E-state index is 0.262. The lowest BCUT2D eigenvalue weighted by Gasteiger charge is -2.23. The van der Waals surface area contributed by atoms with Gasteiger partial charge < -0.3 is 10.1 Å². The van der Waals surface area contributed by atoms with E-state index in [0.717, 1.165) is 18.3 Å². The lowest BCUT2D eigenvalue weighted by molar-refractivity contribution is 0.148. The van der Waals surface area contributed by atoms with Crippen molar-refractivity contribution < 1.29 is 4.74 Å². The Bertz CT molecular complexity index is 340. The minimum Gasteiger partial charge on any atom is -0.489 e. The Morgan fingerprint density at radius 1 is 1.24 bits per heavy atom. The van der Waals surface area contributed by atoms with Crippen molar-refractivity contribution in [2.45, 2.75) is 45.8 Å². The SMILES string of the molecule is Cc1ccc(OC(CNC2CC2)C(C)C)cc1. The molecule has 1 aliphatic carbocycles. The number of ether oxygens (including phenoxy) is 1. The first-order valence-electron chi connectivity index (χ1n) is 6.62. The molecule has 2 heteroatoms. The smallest absolute Gasteiger partial charge is 0.119 e. The molecule has 1 aromatic carbocycles. The van der Waals surface area contributed by atoms with Crippen LogP contribution >= 0.6 is 0 Å². The maximum Gasteiger partial charge on any atom is 0.119 e. The van der Waals surface area contributed by atoms with E-state index in [1.807, 2.05) is 0 Å². The molecule has 1 aliphatic rings. The summed E-state index contributed by atoms with van der Waals surface area (Å²) >= 11 is 0. The van der Waals surface area contributed by atoms with E-state index in [-0.39, 0.29) is 6.10 Å². The van der Waals surface area contributed by atoms with Gasteiger partial charge in [0.15, 0.2) is 0 Å². The molecule has 1 fully saturated rings. The third kappa shape index (κ3) is 4.04. The van der Waals surface area contributed by atoms with Gasteiger partial charge in [0, 0.05) is 12.6 Å². The monoisotopic (exact) mass is 233 g/mol. The van der Waals surface area contributed by atoms with Crippen molar-refractivity contribution in [2.75, 3.05) is 6.54 Å². The molecular weight excluding hydrogens is 210 g/mol. The molecule has 1 atom stereocenters. The first kappa shape index (κ1) is 12.4. The van der Waals surface area contributed by atoms with Crippen LogP contribution in [-0.2, 0) is 0 Å². The average molecular weight is 233 g/mol. The maximum atomic E-state index is 6.05. The third-order valence-corrected chi connectivity index (χ3v) is 3.24. The van der Waals surface area contributed by atoms with Gasteiger partial charge in [0.05, 0.1) is 0 Å². The Morgan fingerprint density at radius 3 is 2.41 bits per heavy atom. The van der Waals surface area contributed by atoms with Crippen molar-refractivity contribution in [3.63, 3.8) is 0 Å². The van der Waals surface area contributed by atoms with Crippen molar-refractivity contribution in [1.29, 1.82) is 0 Å². The number of hydrogen-bond donors (Lipinski definition) is 1. The van der Waals surface area contributed by atoms with Gasteiger partial charge in [-0.2, -0.15) is 0 Å². The Labute approximate surface area is 104 Å². The Balaban J connectivity index is 1.88. The van der Waals surface area contributed by atoms with E-state index in [0.29, 0.717) is 5.92 Å². The Kier molecular flexibility index (Phi) is 4.06. The van der Waals surface area contributed by atoms with Crippen molar-refractivity contribution >= 4 is 0 Å². The largest absolute Gasteiger partial charge is 0.489 e. The predicted molar refractivity (Wildman–Crippen MR) is 71.5 cm³/mol. The van der Waals surface area contributed by atoms with Gasteiger partial charge in [0.1, 0.15) is 11.9 Å². The zero-order valence-electron chi connectivity index (χ0n) is 11.1. The van der Waals surface area contributed by atoms with Crippen molar-refractivity contribution in [3.05, 3.63) is 29.8 Å². The molecule has 17 heavy (non-hydrogen) atoms. The zero-order chi connectivity index (χ0) is 12.3. The van der Waals surface area contributed by atoms with Crippen LogP contribution < -0.4 is 10.1 Å². The van der Waals surface area contributed by atoms with Gasteiger partial charge in [-0.15, -0.1) is 0 Å². The highest BCUT2D eigenvalue weighted by atomic mass is 16.5. The molecule has 2 rings (SSSR count). The number of rotatable bonds is 6. The molecular formula is C15H23NO. The fourth-order valence-electron chi connectivity index (χ4n) is 1.78. The Morgan fingerprint density at radius 2 is 1.88 bits per heavy atom. The van der Waals surface area contributed by atoms with Gasteiger partial charge in [-0.1, -0.05) is 31.5 Å². The quantitative estimate of drug-likeness (QED) is 0.815. The number of nitrogens with one attached hydrogen (secondary N) is 1. The van der Waals surface area contributed by atoms with Crippen LogP contribution in [0.5, 0.6) is 5.75 Å². The van der Waals surface area contributed by atoms with Crippen LogP contribution in [0.2, 0.25) is 0 Å². The minimum absolute atomic E-state index is 0.262. The number of benzene rings is 1. The van der Waals surface area contributed by atoms with Crippen molar-refractivity contribution in [2.24, 2.45) is 5.92 Å². The summed E-state index contributed by atoms with van der Waals surface area (Å²) in [6.07, 6.45) is 2.92. The van der Waals surface area contributed by atoms with E-state index in [1.165, 1.54) is 18.4 Å². The fraction of sp³-hybridized carbons (Fsp3) is 0.600. The molecule has 1 saturated carbocycles. The van der Waals surface area contributed by atoms with Gasteiger partial charge >= 0.3 is 0 Å². The standard InChI is InChI=1S/C15H23NO/c1-11(2)15(10-16-13-6-7-13)17-14-8-4-12(3)5-9-14/h4-5,8-9,11,13,15-16H,6-7,10H2,1-3H3. The summed E-state index contributed by atoms with van der Waals surface area (Å²) in [4.78, 5) is 0. The lowest BCUT2D eigenvalue weighted by atomic mass is 10.1. The molecule has 1 aromatic rings.